The van der Waals surface area contributed by atoms with E-state index in [1.54, 1.807) is 0 Å². The quantitative estimate of drug-likeness (QED) is 0.564. The number of rotatable bonds is 5. The first-order chi connectivity index (χ1) is 9.22. The van der Waals surface area contributed by atoms with E-state index in [0.29, 0.717) is 18.4 Å². The molecule has 0 bridgehead atoms. The maximum atomic E-state index is 5.55. The summed E-state index contributed by atoms with van der Waals surface area (Å²) < 4.78 is 5.55. The van der Waals surface area contributed by atoms with Crippen molar-refractivity contribution in [3.8, 4) is 5.75 Å². The molecule has 0 spiro atoms. The molecule has 0 aliphatic heterocycles. The molecule has 2 aromatic rings. The van der Waals surface area contributed by atoms with Gasteiger partial charge < -0.3 is 10.1 Å². The lowest BCUT2D eigenvalue weighted by molar-refractivity contribution is 0.342. The largest absolute Gasteiger partial charge is 0.492 e. The van der Waals surface area contributed by atoms with Crippen molar-refractivity contribution < 1.29 is 4.74 Å². The molecule has 0 amide bonds. The topological polar surface area (TPSA) is 85.1 Å². The van der Waals surface area contributed by atoms with E-state index in [1.807, 2.05) is 44.2 Å². The molecule has 0 fully saturated rings. The van der Waals surface area contributed by atoms with Crippen LogP contribution >= 0.6 is 0 Å². The average Bonchev–Trinajstić information content (AvgIpc) is 2.40. The summed E-state index contributed by atoms with van der Waals surface area (Å²) in [5.41, 5.74) is 4.11. The molecule has 1 heterocycles. The smallest absolute Gasteiger partial charge is 0.239 e. The zero-order valence-electron chi connectivity index (χ0n) is 11.0. The van der Waals surface area contributed by atoms with Gasteiger partial charge >= 0.3 is 0 Å². The summed E-state index contributed by atoms with van der Waals surface area (Å²) in [7, 11) is 0. The highest BCUT2D eigenvalue weighted by molar-refractivity contribution is 5.64. The lowest BCUT2D eigenvalue weighted by Gasteiger charge is -2.12. The van der Waals surface area contributed by atoms with Gasteiger partial charge in [-0.25, -0.2) is 10.8 Å². The molecule has 0 atom stereocenters. The summed E-state index contributed by atoms with van der Waals surface area (Å²) in [5.74, 6) is 7.14. The number of anilines is 3. The van der Waals surface area contributed by atoms with Gasteiger partial charge in [-0.05, 0) is 26.0 Å². The van der Waals surface area contributed by atoms with Crippen molar-refractivity contribution in [2.75, 3.05) is 17.3 Å². The molecule has 0 radical (unpaired) electrons. The zero-order chi connectivity index (χ0) is 13.7. The van der Waals surface area contributed by atoms with Crippen LogP contribution in [0.25, 0.3) is 0 Å². The average molecular weight is 259 g/mol. The third kappa shape index (κ3) is 3.32. The van der Waals surface area contributed by atoms with Gasteiger partial charge in [-0.3, -0.25) is 5.43 Å². The van der Waals surface area contributed by atoms with Gasteiger partial charge in [0, 0.05) is 11.8 Å². The fourth-order valence-electron chi connectivity index (χ4n) is 1.69. The van der Waals surface area contributed by atoms with Crippen LogP contribution in [0.4, 0.5) is 17.5 Å². The van der Waals surface area contributed by atoms with Crippen LogP contribution in [0.1, 0.15) is 12.6 Å². The van der Waals surface area contributed by atoms with Crippen molar-refractivity contribution in [1.82, 2.24) is 9.97 Å². The molecule has 1 aromatic heterocycles. The van der Waals surface area contributed by atoms with E-state index < -0.39 is 0 Å². The van der Waals surface area contributed by atoms with E-state index in [1.165, 1.54) is 0 Å². The number of benzene rings is 1. The molecule has 2 rings (SSSR count). The number of nitrogens with zero attached hydrogens (tertiary/aromatic N) is 2. The summed E-state index contributed by atoms with van der Waals surface area (Å²) in [5, 5.41) is 3.20. The van der Waals surface area contributed by atoms with E-state index >= 15 is 0 Å². The number of para-hydroxylation sites is 2. The Bertz CT molecular complexity index is 558. The first kappa shape index (κ1) is 13.1. The number of ether oxygens (including phenoxy) is 1. The molecular weight excluding hydrogens is 242 g/mol. The van der Waals surface area contributed by atoms with Crippen molar-refractivity contribution >= 4 is 17.5 Å². The van der Waals surface area contributed by atoms with Crippen LogP contribution in [0.5, 0.6) is 5.75 Å². The minimum absolute atomic E-state index is 0.372. The van der Waals surface area contributed by atoms with Crippen molar-refractivity contribution in [3.63, 3.8) is 0 Å². The summed E-state index contributed by atoms with van der Waals surface area (Å²) in [6.45, 7) is 4.43. The second-order valence-electron chi connectivity index (χ2n) is 3.92. The molecule has 0 aliphatic carbocycles. The molecule has 0 saturated carbocycles. The number of nitrogens with one attached hydrogen (secondary N) is 2. The second kappa shape index (κ2) is 6.01. The first-order valence-electron chi connectivity index (χ1n) is 6.04. The number of hydrazine groups is 1. The first-order valence-corrected chi connectivity index (χ1v) is 6.04. The predicted molar refractivity (Wildman–Crippen MR) is 75.5 cm³/mol. The Morgan fingerprint density at radius 2 is 2.05 bits per heavy atom. The molecule has 100 valence electrons. The molecule has 0 aliphatic rings. The number of nitrogen functional groups attached to an aromatic ring is 1. The van der Waals surface area contributed by atoms with E-state index in [0.717, 1.165) is 17.1 Å². The number of aryl methyl sites for hydroxylation is 1. The summed E-state index contributed by atoms with van der Waals surface area (Å²) >= 11 is 0. The monoisotopic (exact) mass is 259 g/mol. The second-order valence-corrected chi connectivity index (χ2v) is 3.92. The van der Waals surface area contributed by atoms with Crippen LogP contribution < -0.4 is 21.3 Å². The number of hydrogen-bond acceptors (Lipinski definition) is 6. The molecule has 4 N–H and O–H groups in total. The Morgan fingerprint density at radius 3 is 2.79 bits per heavy atom. The highest BCUT2D eigenvalue weighted by Crippen LogP contribution is 2.27. The summed E-state index contributed by atoms with van der Waals surface area (Å²) in [6.07, 6.45) is 0. The number of aromatic nitrogens is 2. The minimum atomic E-state index is 0.372. The van der Waals surface area contributed by atoms with Gasteiger partial charge in [0.05, 0.1) is 12.3 Å². The summed E-state index contributed by atoms with van der Waals surface area (Å²) in [6, 6.07) is 9.53. The third-order valence-corrected chi connectivity index (χ3v) is 2.43. The normalized spacial score (nSPS) is 10.1. The Kier molecular flexibility index (Phi) is 4.15. The van der Waals surface area contributed by atoms with E-state index in [4.69, 9.17) is 10.6 Å². The fourth-order valence-corrected chi connectivity index (χ4v) is 1.69. The van der Waals surface area contributed by atoms with Crippen LogP contribution in [0, 0.1) is 6.92 Å². The maximum Gasteiger partial charge on any atom is 0.239 e. The van der Waals surface area contributed by atoms with E-state index in [9.17, 15) is 0 Å². The maximum absolute atomic E-state index is 5.55. The molecule has 6 nitrogen and oxygen atoms in total. The summed E-state index contributed by atoms with van der Waals surface area (Å²) in [4.78, 5) is 8.37. The lowest BCUT2D eigenvalue weighted by Crippen LogP contribution is -2.12. The Morgan fingerprint density at radius 1 is 1.26 bits per heavy atom. The van der Waals surface area contributed by atoms with Crippen LogP contribution in [0.2, 0.25) is 0 Å². The molecule has 19 heavy (non-hydrogen) atoms. The predicted octanol–water partition coefficient (Wildman–Crippen LogP) is 2.21. The SMILES string of the molecule is CCOc1ccccc1Nc1cc(C)nc(NN)n1. The molecule has 6 heteroatoms. The van der Waals surface area contributed by atoms with Crippen molar-refractivity contribution in [2.24, 2.45) is 5.84 Å². The van der Waals surface area contributed by atoms with Gasteiger partial charge in [0.15, 0.2) is 0 Å². The van der Waals surface area contributed by atoms with Gasteiger partial charge in [-0.1, -0.05) is 12.1 Å². The lowest BCUT2D eigenvalue weighted by atomic mass is 10.3. The van der Waals surface area contributed by atoms with Gasteiger partial charge in [-0.2, -0.15) is 4.98 Å². The van der Waals surface area contributed by atoms with Crippen LogP contribution in [-0.2, 0) is 0 Å². The minimum Gasteiger partial charge on any atom is -0.492 e. The van der Waals surface area contributed by atoms with Crippen LogP contribution in [0.15, 0.2) is 30.3 Å². The third-order valence-electron chi connectivity index (χ3n) is 2.43. The molecule has 0 unspecified atom stereocenters. The van der Waals surface area contributed by atoms with Crippen LogP contribution in [-0.4, -0.2) is 16.6 Å². The highest BCUT2D eigenvalue weighted by Gasteiger charge is 2.05. The van der Waals surface area contributed by atoms with Gasteiger partial charge in [0.2, 0.25) is 5.95 Å². The molecule has 0 saturated heterocycles. The number of nitrogens with two attached hydrogens (primary N) is 1. The van der Waals surface area contributed by atoms with Crippen molar-refractivity contribution in [1.29, 1.82) is 0 Å². The molecular formula is C13H17N5O. The number of hydrogen-bond donors (Lipinski definition) is 3. The van der Waals surface area contributed by atoms with Crippen molar-refractivity contribution in [3.05, 3.63) is 36.0 Å². The Hall–Kier alpha value is -2.34. The Balaban J connectivity index is 2.28. The van der Waals surface area contributed by atoms with E-state index in [2.05, 4.69) is 20.7 Å². The van der Waals surface area contributed by atoms with Gasteiger partial charge in [-0.15, -0.1) is 0 Å². The standard InChI is InChI=1S/C13H17N5O/c1-3-19-11-7-5-4-6-10(11)16-12-8-9(2)15-13(17-12)18-14/h4-8H,3,14H2,1-2H3,(H2,15,16,17,18). The highest BCUT2D eigenvalue weighted by atomic mass is 16.5. The van der Waals surface area contributed by atoms with Crippen molar-refractivity contribution in [2.45, 2.75) is 13.8 Å². The molecule has 1 aromatic carbocycles. The fraction of sp³-hybridized carbons (Fsp3) is 0.231. The Labute approximate surface area is 112 Å². The zero-order valence-corrected chi connectivity index (χ0v) is 11.0. The van der Waals surface area contributed by atoms with Gasteiger partial charge in [0.25, 0.3) is 0 Å². The van der Waals surface area contributed by atoms with E-state index in [-0.39, 0.29) is 0 Å². The van der Waals surface area contributed by atoms with Crippen LogP contribution in [0.3, 0.4) is 0 Å². The van der Waals surface area contributed by atoms with Gasteiger partial charge in [0.1, 0.15) is 11.6 Å².